The van der Waals surface area contributed by atoms with Crippen molar-refractivity contribution in [1.82, 2.24) is 4.90 Å². The van der Waals surface area contributed by atoms with Crippen LogP contribution in [-0.4, -0.2) is 104 Å². The van der Waals surface area contributed by atoms with Crippen LogP contribution in [-0.2, 0) is 19.1 Å². The first-order valence-corrected chi connectivity index (χ1v) is 11.1. The minimum atomic E-state index is -1.53. The largest absolute Gasteiger partial charge is 0.394 e. The second-order valence-corrected chi connectivity index (χ2v) is 8.77. The number of ether oxygens (including phenoxy) is 1. The molecule has 0 bridgehead atoms. The van der Waals surface area contributed by atoms with Crippen molar-refractivity contribution in [3.8, 4) is 0 Å². The lowest BCUT2D eigenvalue weighted by atomic mass is 9.98. The van der Waals surface area contributed by atoms with E-state index < -0.39 is 48.4 Å². The van der Waals surface area contributed by atoms with Crippen LogP contribution >= 0.6 is 11.8 Å². The summed E-state index contributed by atoms with van der Waals surface area (Å²) in [4.78, 5) is 40.3. The van der Waals surface area contributed by atoms with E-state index in [1.807, 2.05) is 0 Å². The predicted molar refractivity (Wildman–Crippen MR) is 111 cm³/mol. The smallest absolute Gasteiger partial charge is 0.242 e. The van der Waals surface area contributed by atoms with Crippen molar-refractivity contribution < 1.29 is 39.5 Å². The fourth-order valence-corrected chi connectivity index (χ4v) is 4.45. The number of hydrogen-bond donors (Lipinski definition) is 6. The Hall–Kier alpha value is -1.77. The Morgan fingerprint density at radius 1 is 1.13 bits per heavy atom. The van der Waals surface area contributed by atoms with E-state index in [0.29, 0.717) is 25.0 Å². The third-order valence-corrected chi connectivity index (χ3v) is 6.36. The molecule has 0 aromatic carbocycles. The number of nitrogens with two attached hydrogens (primary N) is 2. The number of thioether (sulfide) groups is 1. The topological polar surface area (TPSA) is 209 Å². The average Bonchev–Trinajstić information content (AvgIpc) is 2.98. The van der Waals surface area contributed by atoms with Crippen LogP contribution in [0.3, 0.4) is 0 Å². The molecule has 2 aliphatic heterocycles. The highest BCUT2D eigenvalue weighted by atomic mass is 32.2. The van der Waals surface area contributed by atoms with Gasteiger partial charge in [0.2, 0.25) is 17.7 Å². The summed E-state index contributed by atoms with van der Waals surface area (Å²) in [5.74, 6) is -0.345. The number of nitrogens with zero attached hydrogens (tertiary/aromatic N) is 2. The lowest BCUT2D eigenvalue weighted by Crippen LogP contribution is -2.58. The van der Waals surface area contributed by atoms with E-state index >= 15 is 0 Å². The van der Waals surface area contributed by atoms with Crippen LogP contribution in [0.25, 0.3) is 0 Å². The summed E-state index contributed by atoms with van der Waals surface area (Å²) in [6, 6.07) is 0. The molecule has 1 unspecified atom stereocenters. The van der Waals surface area contributed by atoms with Gasteiger partial charge in [-0.05, 0) is 18.6 Å². The maximum absolute atomic E-state index is 12.3. The van der Waals surface area contributed by atoms with Gasteiger partial charge >= 0.3 is 0 Å². The van der Waals surface area contributed by atoms with E-state index in [0.717, 1.165) is 4.90 Å². The van der Waals surface area contributed by atoms with Gasteiger partial charge in [-0.25, -0.2) is 4.99 Å². The molecular weight excluding hydrogens is 432 g/mol. The number of aliphatic hydroxyl groups is 4. The van der Waals surface area contributed by atoms with Gasteiger partial charge in [-0.15, -0.1) is 11.8 Å². The maximum atomic E-state index is 12.3. The number of carbonyl (C=O) groups is 3. The fourth-order valence-electron chi connectivity index (χ4n) is 3.32. The number of likely N-dealkylation sites (tertiary alicyclic amines) is 1. The Morgan fingerprint density at radius 3 is 2.48 bits per heavy atom. The van der Waals surface area contributed by atoms with Crippen molar-refractivity contribution in [3.63, 3.8) is 0 Å². The van der Waals surface area contributed by atoms with Crippen LogP contribution in [0.4, 0.5) is 0 Å². The van der Waals surface area contributed by atoms with Crippen molar-refractivity contribution >= 4 is 35.3 Å². The summed E-state index contributed by atoms with van der Waals surface area (Å²) in [5.41, 5.74) is 10.9. The molecule has 0 spiro atoms. The second kappa shape index (κ2) is 11.7. The zero-order valence-electron chi connectivity index (χ0n) is 17.0. The van der Waals surface area contributed by atoms with Crippen LogP contribution in [0.2, 0.25) is 0 Å². The average molecular weight is 463 g/mol. The van der Waals surface area contributed by atoms with Gasteiger partial charge in [0, 0.05) is 25.8 Å². The highest BCUT2D eigenvalue weighted by Gasteiger charge is 2.43. The molecule has 0 aromatic rings. The van der Waals surface area contributed by atoms with Gasteiger partial charge in [0.1, 0.15) is 24.4 Å². The van der Waals surface area contributed by atoms with Gasteiger partial charge in [-0.3, -0.25) is 19.3 Å². The minimum absolute atomic E-state index is 0.106. The Kier molecular flexibility index (Phi) is 9.65. The number of carbonyl (C=O) groups excluding carboxylic acids is 3. The second-order valence-electron chi connectivity index (χ2n) is 7.46. The molecule has 2 fully saturated rings. The molecule has 0 saturated carbocycles. The molecule has 3 amide bonds. The van der Waals surface area contributed by atoms with Crippen LogP contribution in [0.5, 0.6) is 0 Å². The Bertz CT molecular complexity index is 691. The van der Waals surface area contributed by atoms with Crippen molar-refractivity contribution in [2.24, 2.45) is 16.5 Å². The van der Waals surface area contributed by atoms with Gasteiger partial charge in [0.05, 0.1) is 17.7 Å². The standard InChI is InChI=1S/C18H30N4O8S/c19-11(21-17-16(28)15(27)14(26)9(8-23)30-17)3-2-6-31-10-7-13(25)22(18(10)29)5-1-4-12(20)24/h9-10,14-17,23,26-28H,1-8H2,(H2,19,21)(H2,20,24)/t9-,10?,14+,15+,16-,17-/m1/s1. The van der Waals surface area contributed by atoms with Crippen LogP contribution in [0.1, 0.15) is 32.1 Å². The lowest BCUT2D eigenvalue weighted by Gasteiger charge is -2.38. The molecule has 2 aliphatic rings. The van der Waals surface area contributed by atoms with Gasteiger partial charge in [0.15, 0.2) is 6.23 Å². The molecule has 176 valence electrons. The predicted octanol–water partition coefficient (Wildman–Crippen LogP) is -2.95. The molecule has 6 atom stereocenters. The van der Waals surface area contributed by atoms with E-state index in [4.69, 9.17) is 16.2 Å². The minimum Gasteiger partial charge on any atom is -0.394 e. The Morgan fingerprint density at radius 2 is 1.84 bits per heavy atom. The number of amidine groups is 1. The molecule has 2 saturated heterocycles. The summed E-state index contributed by atoms with van der Waals surface area (Å²) in [6.07, 6.45) is -5.35. The molecule has 31 heavy (non-hydrogen) atoms. The SMILES string of the molecule is NC(=O)CCCN1C(=O)CC(SCCC/C(N)=N/[C@@H]2O[C@H](CO)[C@H](O)[C@H](O)[C@H]2O)C1=O. The summed E-state index contributed by atoms with van der Waals surface area (Å²) in [5, 5.41) is 38.2. The zero-order chi connectivity index (χ0) is 23.1. The highest BCUT2D eigenvalue weighted by Crippen LogP contribution is 2.26. The highest BCUT2D eigenvalue weighted by molar-refractivity contribution is 8.00. The molecule has 2 rings (SSSR count). The maximum Gasteiger partial charge on any atom is 0.242 e. The first-order chi connectivity index (χ1) is 14.6. The molecule has 0 radical (unpaired) electrons. The van der Waals surface area contributed by atoms with Gasteiger partial charge < -0.3 is 36.6 Å². The van der Waals surface area contributed by atoms with Gasteiger partial charge in [-0.1, -0.05) is 0 Å². The normalized spacial score (nSPS) is 32.0. The summed E-state index contributed by atoms with van der Waals surface area (Å²) < 4.78 is 5.27. The van der Waals surface area contributed by atoms with Gasteiger partial charge in [-0.2, -0.15) is 0 Å². The van der Waals surface area contributed by atoms with E-state index in [2.05, 4.69) is 4.99 Å². The molecule has 13 heteroatoms. The summed E-state index contributed by atoms with van der Waals surface area (Å²) in [7, 11) is 0. The third kappa shape index (κ3) is 6.85. The molecule has 12 nitrogen and oxygen atoms in total. The van der Waals surface area contributed by atoms with Crippen molar-refractivity contribution in [1.29, 1.82) is 0 Å². The first kappa shape index (κ1) is 25.5. The van der Waals surface area contributed by atoms with Crippen molar-refractivity contribution in [2.75, 3.05) is 18.9 Å². The van der Waals surface area contributed by atoms with Gasteiger partial charge in [0.25, 0.3) is 0 Å². The quantitative estimate of drug-likeness (QED) is 0.0795. The van der Waals surface area contributed by atoms with E-state index in [-0.39, 0.29) is 37.0 Å². The lowest BCUT2D eigenvalue weighted by molar-refractivity contribution is -0.226. The van der Waals surface area contributed by atoms with Crippen LogP contribution in [0.15, 0.2) is 4.99 Å². The van der Waals surface area contributed by atoms with Crippen molar-refractivity contribution in [2.45, 2.75) is 68.0 Å². The third-order valence-electron chi connectivity index (χ3n) is 5.06. The van der Waals surface area contributed by atoms with Crippen LogP contribution in [0, 0.1) is 0 Å². The molecule has 2 heterocycles. The number of imide groups is 1. The number of aliphatic hydroxyl groups excluding tert-OH is 4. The van der Waals surface area contributed by atoms with Crippen molar-refractivity contribution in [3.05, 3.63) is 0 Å². The fraction of sp³-hybridized carbons (Fsp3) is 0.778. The molecule has 8 N–H and O–H groups in total. The van der Waals surface area contributed by atoms with Crippen LogP contribution < -0.4 is 11.5 Å². The van der Waals surface area contributed by atoms with E-state index in [1.165, 1.54) is 11.8 Å². The molecular formula is C18H30N4O8S. The van der Waals surface area contributed by atoms with E-state index in [9.17, 15) is 34.8 Å². The number of amides is 3. The molecule has 0 aromatic heterocycles. The first-order valence-electron chi connectivity index (χ1n) is 10.0. The molecule has 0 aliphatic carbocycles. The number of rotatable bonds is 11. The number of primary amides is 1. The monoisotopic (exact) mass is 462 g/mol. The Balaban J connectivity index is 1.76. The summed E-state index contributed by atoms with van der Waals surface area (Å²) >= 11 is 1.33. The zero-order valence-corrected chi connectivity index (χ0v) is 17.8. The number of aliphatic imine (C=N–C) groups is 1. The summed E-state index contributed by atoms with van der Waals surface area (Å²) in [6.45, 7) is -0.377. The van der Waals surface area contributed by atoms with E-state index in [1.54, 1.807) is 0 Å². The number of hydrogen-bond acceptors (Lipinski definition) is 10. The Labute approximate surface area is 183 Å².